The standard InChI is InChI=1S/C21H34N2O8.C8H17NO2.C8H10/c1-7-8-11(2)15(24)13(4)17-21(6,31-20(28)23-17)10-30-18(26)14(5)16(25)12(3)9-29-19(22)27;1-6-4-7(9(2)3)5-8(10)11-6;1-2-8-6-4-3-5-7-8/h11-14,17H,7-10H2,1-6H3,(H2,22,27)(H,23,28);6-8,10H,4-5H2,1-3H3;3-7H,2H2,1H3/t11-,12-,13?,14?,17?,21-;;/m1../s1. The molecule has 2 saturated heterocycles. The van der Waals surface area contributed by atoms with Crippen molar-refractivity contribution in [2.24, 2.45) is 29.4 Å². The lowest BCUT2D eigenvalue weighted by molar-refractivity contribution is -0.172. The number of nitrogens with two attached hydrogens (primary N) is 1. The number of esters is 1. The molecule has 4 N–H and O–H groups in total. The fourth-order valence-electron chi connectivity index (χ4n) is 5.94. The van der Waals surface area contributed by atoms with Crippen LogP contribution in [0.5, 0.6) is 0 Å². The zero-order valence-corrected chi connectivity index (χ0v) is 31.6. The maximum atomic E-state index is 12.7. The van der Waals surface area contributed by atoms with Gasteiger partial charge in [0.1, 0.15) is 24.9 Å². The van der Waals surface area contributed by atoms with Crippen molar-refractivity contribution < 1.29 is 48.0 Å². The first kappa shape index (κ1) is 44.5. The number of amides is 2. The Morgan fingerprint density at radius 2 is 1.64 bits per heavy atom. The van der Waals surface area contributed by atoms with Crippen LogP contribution < -0.4 is 11.1 Å². The summed E-state index contributed by atoms with van der Waals surface area (Å²) in [4.78, 5) is 62.2. The molecule has 0 aliphatic carbocycles. The fraction of sp³-hybridized carbons (Fsp3) is 0.703. The first-order chi connectivity index (χ1) is 23.4. The van der Waals surface area contributed by atoms with Gasteiger partial charge in [0.05, 0.1) is 18.1 Å². The number of rotatable bonds is 14. The van der Waals surface area contributed by atoms with Gasteiger partial charge in [0.25, 0.3) is 0 Å². The van der Waals surface area contributed by atoms with Crippen LogP contribution in [0.25, 0.3) is 0 Å². The Bertz CT molecular complexity index is 1220. The van der Waals surface area contributed by atoms with Crippen molar-refractivity contribution in [1.29, 1.82) is 0 Å². The monoisotopic (exact) mass is 707 g/mol. The molecule has 0 radical (unpaired) electrons. The molecule has 6 unspecified atom stereocenters. The first-order valence-corrected chi connectivity index (χ1v) is 17.6. The molecule has 1 aromatic rings. The molecule has 0 spiro atoms. The average molecular weight is 708 g/mol. The number of aliphatic hydroxyl groups excluding tert-OH is 1. The minimum atomic E-state index is -1.27. The third kappa shape index (κ3) is 14.7. The van der Waals surface area contributed by atoms with E-state index in [9.17, 15) is 29.1 Å². The Morgan fingerprint density at radius 1 is 1.02 bits per heavy atom. The third-order valence-electron chi connectivity index (χ3n) is 9.10. The number of nitrogens with one attached hydrogen (secondary N) is 1. The fourth-order valence-corrected chi connectivity index (χ4v) is 5.94. The molecule has 13 heteroatoms. The van der Waals surface area contributed by atoms with E-state index in [1.807, 2.05) is 40.9 Å². The van der Waals surface area contributed by atoms with Gasteiger partial charge in [-0.25, -0.2) is 9.59 Å². The van der Waals surface area contributed by atoms with Crippen LogP contribution in [0.15, 0.2) is 30.3 Å². The molecule has 0 saturated carbocycles. The Labute approximate surface area is 297 Å². The maximum Gasteiger partial charge on any atom is 0.408 e. The number of primary amides is 1. The predicted octanol–water partition coefficient (Wildman–Crippen LogP) is 4.66. The lowest BCUT2D eigenvalue weighted by Crippen LogP contribution is -2.52. The maximum absolute atomic E-state index is 12.7. The van der Waals surface area contributed by atoms with E-state index in [-0.39, 0.29) is 31.0 Å². The van der Waals surface area contributed by atoms with Crippen molar-refractivity contribution in [3.05, 3.63) is 35.9 Å². The lowest BCUT2D eigenvalue weighted by Gasteiger charge is -2.34. The number of carbonyl (C=O) groups is 5. The number of benzene rings is 1. The molecule has 9 atom stereocenters. The number of aryl methyl sites for hydroxylation is 1. The van der Waals surface area contributed by atoms with Crippen LogP contribution in [0.3, 0.4) is 0 Å². The molecule has 2 amide bonds. The van der Waals surface area contributed by atoms with Crippen LogP contribution in [-0.2, 0) is 39.8 Å². The molecule has 284 valence electrons. The summed E-state index contributed by atoms with van der Waals surface area (Å²) in [5.74, 6) is -3.90. The number of hydrogen-bond acceptors (Lipinski definition) is 11. The molecule has 13 nitrogen and oxygen atoms in total. The Kier molecular flexibility index (Phi) is 19.2. The Balaban J connectivity index is 0.000000526. The van der Waals surface area contributed by atoms with Crippen molar-refractivity contribution in [1.82, 2.24) is 10.2 Å². The molecule has 50 heavy (non-hydrogen) atoms. The number of cyclic esters (lactones) is 1. The summed E-state index contributed by atoms with van der Waals surface area (Å²) in [5, 5.41) is 11.9. The van der Waals surface area contributed by atoms with Gasteiger partial charge in [-0.1, -0.05) is 71.4 Å². The van der Waals surface area contributed by atoms with Crippen molar-refractivity contribution in [3.63, 3.8) is 0 Å². The number of ketones is 2. The molecule has 2 fully saturated rings. The smallest absolute Gasteiger partial charge is 0.408 e. The van der Waals surface area contributed by atoms with E-state index in [2.05, 4.69) is 46.1 Å². The zero-order valence-electron chi connectivity index (χ0n) is 31.6. The minimum Gasteiger partial charge on any atom is -0.461 e. The normalized spacial score (nSPS) is 25.2. The van der Waals surface area contributed by atoms with Crippen LogP contribution in [0.1, 0.15) is 86.6 Å². The largest absolute Gasteiger partial charge is 0.461 e. The van der Waals surface area contributed by atoms with E-state index in [0.717, 1.165) is 32.1 Å². The van der Waals surface area contributed by atoms with Gasteiger partial charge in [0.15, 0.2) is 17.7 Å². The molecule has 0 bridgehead atoms. The van der Waals surface area contributed by atoms with Gasteiger partial charge >= 0.3 is 18.2 Å². The second kappa shape index (κ2) is 21.6. The number of ether oxygens (including phenoxy) is 4. The minimum absolute atomic E-state index is 0.0120. The van der Waals surface area contributed by atoms with Crippen LogP contribution in [0.4, 0.5) is 9.59 Å². The van der Waals surface area contributed by atoms with Gasteiger partial charge in [0.2, 0.25) is 0 Å². The van der Waals surface area contributed by atoms with Crippen molar-refractivity contribution >= 4 is 29.7 Å². The number of hydrogen-bond donors (Lipinski definition) is 3. The highest BCUT2D eigenvalue weighted by Crippen LogP contribution is 2.31. The summed E-state index contributed by atoms with van der Waals surface area (Å²) in [6.45, 7) is 13.6. The molecule has 2 aliphatic rings. The van der Waals surface area contributed by atoms with E-state index in [1.165, 1.54) is 19.4 Å². The molecule has 2 heterocycles. The quantitative estimate of drug-likeness (QED) is 0.139. The van der Waals surface area contributed by atoms with Crippen LogP contribution in [0, 0.1) is 23.7 Å². The summed E-state index contributed by atoms with van der Waals surface area (Å²) in [6, 6.07) is 10.2. The number of aliphatic hydroxyl groups is 1. The Hall–Kier alpha value is -3.55. The topological polar surface area (TPSA) is 184 Å². The Morgan fingerprint density at radius 3 is 2.14 bits per heavy atom. The highest BCUT2D eigenvalue weighted by molar-refractivity contribution is 5.99. The highest BCUT2D eigenvalue weighted by Gasteiger charge is 2.51. The zero-order chi connectivity index (χ0) is 38.2. The van der Waals surface area contributed by atoms with Gasteiger partial charge in [-0.15, -0.1) is 0 Å². The van der Waals surface area contributed by atoms with Crippen molar-refractivity contribution in [2.75, 3.05) is 27.3 Å². The first-order valence-electron chi connectivity index (χ1n) is 17.6. The summed E-state index contributed by atoms with van der Waals surface area (Å²) in [6.07, 6.45) is 2.39. The number of nitrogens with zero attached hydrogens (tertiary/aromatic N) is 1. The van der Waals surface area contributed by atoms with E-state index in [0.29, 0.717) is 6.04 Å². The second-order valence-corrected chi connectivity index (χ2v) is 13.8. The number of Topliss-reactive ketones (excluding diaryl/α,β-unsaturated/α-hetero) is 2. The number of alkyl carbamates (subject to hydrolysis) is 1. The summed E-state index contributed by atoms with van der Waals surface area (Å²) < 4.78 is 20.4. The molecule has 1 aromatic carbocycles. The molecular formula is C37H61N3O10. The molecular weight excluding hydrogens is 646 g/mol. The summed E-state index contributed by atoms with van der Waals surface area (Å²) in [5.41, 5.74) is 5.02. The molecule has 2 aliphatic heterocycles. The molecule has 0 aromatic heterocycles. The lowest BCUT2D eigenvalue weighted by atomic mass is 9.81. The highest BCUT2D eigenvalue weighted by atomic mass is 16.6. The van der Waals surface area contributed by atoms with Gasteiger partial charge in [-0.2, -0.15) is 0 Å². The second-order valence-electron chi connectivity index (χ2n) is 13.8. The SMILES string of the molecule is CC1CC(N(C)C)CC(O)O1.CCC[C@@H](C)C(=O)C(C)C1NC(=O)O[C@]1(C)COC(=O)C(C)C(=O)[C@H](C)COC(N)=O.CCc1ccccc1. The third-order valence-corrected chi connectivity index (χ3v) is 9.10. The van der Waals surface area contributed by atoms with E-state index < -0.39 is 59.6 Å². The number of carbonyl (C=O) groups excluding carboxylic acids is 5. The summed E-state index contributed by atoms with van der Waals surface area (Å²) in [7, 11) is 4.07. The van der Waals surface area contributed by atoms with E-state index in [1.54, 1.807) is 13.8 Å². The van der Waals surface area contributed by atoms with Gasteiger partial charge < -0.3 is 40.0 Å². The molecule has 3 rings (SSSR count). The average Bonchev–Trinajstić information content (AvgIpc) is 3.38. The van der Waals surface area contributed by atoms with E-state index >= 15 is 0 Å². The van der Waals surface area contributed by atoms with Crippen LogP contribution >= 0.6 is 0 Å². The van der Waals surface area contributed by atoms with Crippen molar-refractivity contribution in [2.45, 2.75) is 118 Å². The van der Waals surface area contributed by atoms with Crippen LogP contribution in [0.2, 0.25) is 0 Å². The van der Waals surface area contributed by atoms with Gasteiger partial charge in [-0.3, -0.25) is 14.4 Å². The summed E-state index contributed by atoms with van der Waals surface area (Å²) >= 11 is 0. The van der Waals surface area contributed by atoms with Gasteiger partial charge in [-0.05, 0) is 59.7 Å². The van der Waals surface area contributed by atoms with Crippen LogP contribution in [-0.4, -0.2) is 97.1 Å². The van der Waals surface area contributed by atoms with Gasteiger partial charge in [0, 0.05) is 24.3 Å². The van der Waals surface area contributed by atoms with E-state index in [4.69, 9.17) is 19.9 Å². The van der Waals surface area contributed by atoms with Crippen molar-refractivity contribution in [3.8, 4) is 0 Å². The predicted molar refractivity (Wildman–Crippen MR) is 189 cm³/mol.